The standard InChI is InChI=1S/C20H28N2O3/c23-19(21-17-9-5-2-6-10-17)20(24)22-18(13-15-11-12-25-14-15)16-7-3-1-4-8-16/h1,3-4,7-8,15,17-18H,2,5-6,9-14H2,(H,21,23)(H,22,24). The van der Waals surface area contributed by atoms with Crippen molar-refractivity contribution in [3.05, 3.63) is 35.9 Å². The van der Waals surface area contributed by atoms with E-state index in [0.717, 1.165) is 57.3 Å². The third-order valence-electron chi connectivity index (χ3n) is 5.25. The Kier molecular flexibility index (Phi) is 6.45. The maximum atomic E-state index is 12.4. The molecule has 1 aliphatic heterocycles. The molecule has 2 fully saturated rings. The van der Waals surface area contributed by atoms with E-state index >= 15 is 0 Å². The van der Waals surface area contributed by atoms with Gasteiger partial charge in [-0.15, -0.1) is 0 Å². The molecule has 2 unspecified atom stereocenters. The van der Waals surface area contributed by atoms with Crippen molar-refractivity contribution in [2.24, 2.45) is 5.92 Å². The zero-order chi connectivity index (χ0) is 17.5. The Morgan fingerprint density at radius 3 is 2.48 bits per heavy atom. The molecule has 2 N–H and O–H groups in total. The second-order valence-corrected chi connectivity index (χ2v) is 7.21. The first-order valence-electron chi connectivity index (χ1n) is 9.46. The molecular weight excluding hydrogens is 316 g/mol. The van der Waals surface area contributed by atoms with Crippen molar-refractivity contribution in [1.82, 2.24) is 10.6 Å². The zero-order valence-corrected chi connectivity index (χ0v) is 14.7. The summed E-state index contributed by atoms with van der Waals surface area (Å²) in [7, 11) is 0. The van der Waals surface area contributed by atoms with E-state index < -0.39 is 11.8 Å². The molecule has 1 aliphatic carbocycles. The van der Waals surface area contributed by atoms with Crippen LogP contribution in [0.25, 0.3) is 0 Å². The van der Waals surface area contributed by atoms with E-state index in [9.17, 15) is 9.59 Å². The van der Waals surface area contributed by atoms with Gasteiger partial charge in [-0.1, -0.05) is 49.6 Å². The highest BCUT2D eigenvalue weighted by Gasteiger charge is 2.26. The molecule has 2 amide bonds. The van der Waals surface area contributed by atoms with E-state index in [1.54, 1.807) is 0 Å². The van der Waals surface area contributed by atoms with Crippen molar-refractivity contribution >= 4 is 11.8 Å². The van der Waals surface area contributed by atoms with Crippen LogP contribution in [0.2, 0.25) is 0 Å². The van der Waals surface area contributed by atoms with Crippen LogP contribution in [0.15, 0.2) is 30.3 Å². The summed E-state index contributed by atoms with van der Waals surface area (Å²) in [4.78, 5) is 24.7. The van der Waals surface area contributed by atoms with Gasteiger partial charge in [0.2, 0.25) is 0 Å². The third-order valence-corrected chi connectivity index (χ3v) is 5.25. The minimum absolute atomic E-state index is 0.144. The minimum atomic E-state index is -0.529. The summed E-state index contributed by atoms with van der Waals surface area (Å²) >= 11 is 0. The van der Waals surface area contributed by atoms with Crippen LogP contribution < -0.4 is 10.6 Å². The lowest BCUT2D eigenvalue weighted by Gasteiger charge is -2.24. The van der Waals surface area contributed by atoms with Crippen LogP contribution in [-0.4, -0.2) is 31.1 Å². The van der Waals surface area contributed by atoms with Gasteiger partial charge in [-0.05, 0) is 37.2 Å². The number of hydrogen-bond acceptors (Lipinski definition) is 3. The molecule has 1 aromatic carbocycles. The smallest absolute Gasteiger partial charge is 0.309 e. The first-order chi connectivity index (χ1) is 12.2. The number of ether oxygens (including phenoxy) is 1. The van der Waals surface area contributed by atoms with Gasteiger partial charge in [0.15, 0.2) is 0 Å². The summed E-state index contributed by atoms with van der Waals surface area (Å²) in [6, 6.07) is 9.86. The van der Waals surface area contributed by atoms with Crippen molar-refractivity contribution in [3.8, 4) is 0 Å². The van der Waals surface area contributed by atoms with Gasteiger partial charge in [0.05, 0.1) is 6.04 Å². The molecular formula is C20H28N2O3. The van der Waals surface area contributed by atoms with E-state index in [0.29, 0.717) is 5.92 Å². The number of hydrogen-bond donors (Lipinski definition) is 2. The number of carbonyl (C=O) groups is 2. The normalized spacial score (nSPS) is 22.3. The van der Waals surface area contributed by atoms with E-state index in [1.807, 2.05) is 30.3 Å². The zero-order valence-electron chi connectivity index (χ0n) is 14.7. The summed E-state index contributed by atoms with van der Waals surface area (Å²) in [6.45, 7) is 1.51. The van der Waals surface area contributed by atoms with E-state index in [-0.39, 0.29) is 12.1 Å². The van der Waals surface area contributed by atoms with Crippen LogP contribution >= 0.6 is 0 Å². The molecule has 1 aromatic rings. The Hall–Kier alpha value is -1.88. The quantitative estimate of drug-likeness (QED) is 0.807. The first-order valence-corrected chi connectivity index (χ1v) is 9.46. The maximum Gasteiger partial charge on any atom is 0.309 e. The third kappa shape index (κ3) is 5.30. The Morgan fingerprint density at radius 1 is 1.04 bits per heavy atom. The molecule has 0 spiro atoms. The molecule has 25 heavy (non-hydrogen) atoms. The fraction of sp³-hybridized carbons (Fsp3) is 0.600. The number of carbonyl (C=O) groups excluding carboxylic acids is 2. The Bertz CT molecular complexity index is 564. The molecule has 0 bridgehead atoms. The predicted molar refractivity (Wildman–Crippen MR) is 95.9 cm³/mol. The van der Waals surface area contributed by atoms with Crippen LogP contribution in [0.4, 0.5) is 0 Å². The lowest BCUT2D eigenvalue weighted by atomic mass is 9.94. The number of rotatable bonds is 5. The molecule has 0 radical (unpaired) electrons. The molecule has 0 aromatic heterocycles. The van der Waals surface area contributed by atoms with Crippen molar-refractivity contribution < 1.29 is 14.3 Å². The predicted octanol–water partition coefficient (Wildman–Crippen LogP) is 2.72. The summed E-state index contributed by atoms with van der Waals surface area (Å²) in [5.74, 6) is -0.610. The summed E-state index contributed by atoms with van der Waals surface area (Å²) in [5, 5.41) is 5.84. The first kappa shape index (κ1) is 17.9. The Labute approximate surface area is 149 Å². The van der Waals surface area contributed by atoms with E-state index in [4.69, 9.17) is 4.74 Å². The Balaban J connectivity index is 1.59. The van der Waals surface area contributed by atoms with Crippen LogP contribution in [0.1, 0.15) is 56.6 Å². The van der Waals surface area contributed by atoms with Crippen LogP contribution in [0, 0.1) is 5.92 Å². The average Bonchev–Trinajstić information content (AvgIpc) is 3.16. The van der Waals surface area contributed by atoms with Crippen LogP contribution in [-0.2, 0) is 14.3 Å². The van der Waals surface area contributed by atoms with E-state index in [2.05, 4.69) is 10.6 Å². The summed E-state index contributed by atoms with van der Waals surface area (Å²) < 4.78 is 5.45. The van der Waals surface area contributed by atoms with Crippen molar-refractivity contribution in [1.29, 1.82) is 0 Å². The highest BCUT2D eigenvalue weighted by molar-refractivity contribution is 6.35. The number of benzene rings is 1. The fourth-order valence-corrected chi connectivity index (χ4v) is 3.79. The summed E-state index contributed by atoms with van der Waals surface area (Å²) in [5.41, 5.74) is 1.04. The lowest BCUT2D eigenvalue weighted by molar-refractivity contribution is -0.140. The van der Waals surface area contributed by atoms with E-state index in [1.165, 1.54) is 6.42 Å². The lowest BCUT2D eigenvalue weighted by Crippen LogP contribution is -2.46. The topological polar surface area (TPSA) is 67.4 Å². The summed E-state index contributed by atoms with van der Waals surface area (Å²) in [6.07, 6.45) is 7.22. The van der Waals surface area contributed by atoms with Crippen molar-refractivity contribution in [3.63, 3.8) is 0 Å². The van der Waals surface area contributed by atoms with Gasteiger partial charge >= 0.3 is 11.8 Å². The average molecular weight is 344 g/mol. The molecule has 2 atom stereocenters. The van der Waals surface area contributed by atoms with Crippen LogP contribution in [0.5, 0.6) is 0 Å². The van der Waals surface area contributed by atoms with Crippen LogP contribution in [0.3, 0.4) is 0 Å². The maximum absolute atomic E-state index is 12.4. The van der Waals surface area contributed by atoms with Crippen molar-refractivity contribution in [2.75, 3.05) is 13.2 Å². The molecule has 1 heterocycles. The molecule has 2 aliphatic rings. The number of amides is 2. The molecule has 5 nitrogen and oxygen atoms in total. The number of nitrogens with one attached hydrogen (secondary N) is 2. The van der Waals surface area contributed by atoms with Gasteiger partial charge in [0, 0.05) is 19.3 Å². The molecule has 1 saturated carbocycles. The molecule has 1 saturated heterocycles. The monoisotopic (exact) mass is 344 g/mol. The minimum Gasteiger partial charge on any atom is -0.381 e. The molecule has 5 heteroatoms. The SMILES string of the molecule is O=C(NC1CCCCC1)C(=O)NC(CC1CCOC1)c1ccccc1. The van der Waals surface area contributed by atoms with Gasteiger partial charge in [-0.25, -0.2) is 0 Å². The van der Waals surface area contributed by atoms with Gasteiger partial charge < -0.3 is 15.4 Å². The fourth-order valence-electron chi connectivity index (χ4n) is 3.79. The largest absolute Gasteiger partial charge is 0.381 e. The van der Waals surface area contributed by atoms with Crippen molar-refractivity contribution in [2.45, 2.75) is 57.0 Å². The van der Waals surface area contributed by atoms with Gasteiger partial charge in [0.25, 0.3) is 0 Å². The highest BCUT2D eigenvalue weighted by Crippen LogP contribution is 2.26. The van der Waals surface area contributed by atoms with Gasteiger partial charge in [0.1, 0.15) is 0 Å². The van der Waals surface area contributed by atoms with Gasteiger partial charge in [-0.3, -0.25) is 9.59 Å². The van der Waals surface area contributed by atoms with Gasteiger partial charge in [-0.2, -0.15) is 0 Å². The highest BCUT2D eigenvalue weighted by atomic mass is 16.5. The Morgan fingerprint density at radius 2 is 1.80 bits per heavy atom. The second-order valence-electron chi connectivity index (χ2n) is 7.21. The molecule has 136 valence electrons. The molecule has 3 rings (SSSR count). The second kappa shape index (κ2) is 8.99.